The molecule has 0 heterocycles. The number of carbonyl (C=O) groups is 2. The summed E-state index contributed by atoms with van der Waals surface area (Å²) >= 11 is 0. The Morgan fingerprint density at radius 3 is 2.17 bits per heavy atom. The first-order valence-electron chi connectivity index (χ1n) is 6.97. The monoisotopic (exact) mass is 348 g/mol. The van der Waals surface area contributed by atoms with Crippen molar-refractivity contribution in [3.8, 4) is 0 Å². The summed E-state index contributed by atoms with van der Waals surface area (Å²) in [6.45, 7) is 5.40. The van der Waals surface area contributed by atoms with E-state index in [9.17, 15) is 18.5 Å². The number of amides is 1. The summed E-state index contributed by atoms with van der Waals surface area (Å²) in [7, 11) is 0. The predicted octanol–water partition coefficient (Wildman–Crippen LogP) is 2.31. The number of benzene rings is 1. The Balaban J connectivity index is 0.000000561. The summed E-state index contributed by atoms with van der Waals surface area (Å²) in [5.74, 6) is -1.51. The van der Waals surface area contributed by atoms with Crippen LogP contribution in [0.15, 0.2) is 30.3 Å². The number of hydrogen-bond donors (Lipinski definition) is 3. The van der Waals surface area contributed by atoms with E-state index in [0.717, 1.165) is 5.56 Å². The summed E-state index contributed by atoms with van der Waals surface area (Å²) in [5, 5.41) is 11.0. The zero-order chi connectivity index (χ0) is 18.8. The minimum atomic E-state index is -2.53. The van der Waals surface area contributed by atoms with Crippen molar-refractivity contribution in [1.29, 1.82) is 0 Å². The highest BCUT2D eigenvalue weighted by atomic mass is 19.3. The van der Waals surface area contributed by atoms with E-state index in [1.165, 1.54) is 0 Å². The van der Waals surface area contributed by atoms with Crippen LogP contribution in [0.4, 0.5) is 13.7 Å². The molecule has 0 spiro atoms. The van der Waals surface area contributed by atoms with Crippen molar-refractivity contribution in [2.45, 2.75) is 45.3 Å². The largest absolute Gasteiger partial charge is 0.480 e. The summed E-state index contributed by atoms with van der Waals surface area (Å²) in [6.07, 6.45) is -3.25. The molecule has 9 heteroatoms. The fourth-order valence-corrected chi connectivity index (χ4v) is 1.47. The number of carboxylic acid groups (broad SMARTS) is 1. The molecule has 0 aliphatic carbocycles. The van der Waals surface area contributed by atoms with Crippen LogP contribution in [0.5, 0.6) is 0 Å². The van der Waals surface area contributed by atoms with Crippen LogP contribution in [-0.2, 0) is 21.0 Å². The van der Waals surface area contributed by atoms with Gasteiger partial charge < -0.3 is 15.6 Å². The predicted molar refractivity (Wildman–Crippen MR) is 82.2 cm³/mol. The topological polar surface area (TPSA) is 111 Å². The molecular formula is C15H22F2N2O5. The molecule has 0 saturated heterocycles. The van der Waals surface area contributed by atoms with Crippen LogP contribution < -0.4 is 11.1 Å². The van der Waals surface area contributed by atoms with Crippen molar-refractivity contribution >= 4 is 12.1 Å². The van der Waals surface area contributed by atoms with Gasteiger partial charge in [-0.05, 0) is 30.9 Å². The minimum Gasteiger partial charge on any atom is -0.480 e. The minimum absolute atomic E-state index is 0.113. The van der Waals surface area contributed by atoms with Gasteiger partial charge >= 0.3 is 12.1 Å². The Bertz CT molecular complexity index is 508. The Morgan fingerprint density at radius 2 is 1.83 bits per heavy atom. The first kappa shape index (κ1) is 21.7. The maximum Gasteiger partial charge on any atom is 0.405 e. The van der Waals surface area contributed by atoms with Crippen molar-refractivity contribution in [3.05, 3.63) is 35.9 Å². The molecule has 0 aliphatic heterocycles. The number of rotatable bonds is 6. The highest BCUT2D eigenvalue weighted by Gasteiger charge is 2.29. The van der Waals surface area contributed by atoms with Gasteiger partial charge in [0.05, 0.1) is 0 Å². The molecule has 2 atom stereocenters. The summed E-state index contributed by atoms with van der Waals surface area (Å²) in [4.78, 5) is 23.4. The van der Waals surface area contributed by atoms with Gasteiger partial charge in [0.25, 0.3) is 6.36 Å². The Hall–Kier alpha value is -2.26. The number of aliphatic carboxylic acids is 1. The van der Waals surface area contributed by atoms with Crippen LogP contribution in [0.2, 0.25) is 0 Å². The summed E-state index contributed by atoms with van der Waals surface area (Å²) in [6, 6.07) is 7.04. The maximum absolute atomic E-state index is 12.7. The van der Waals surface area contributed by atoms with Crippen molar-refractivity contribution in [3.63, 3.8) is 0 Å². The van der Waals surface area contributed by atoms with E-state index in [1.54, 1.807) is 51.1 Å². The molecule has 1 rings (SSSR count). The van der Waals surface area contributed by atoms with Gasteiger partial charge in [0.15, 0.2) is 6.04 Å². The zero-order valence-electron chi connectivity index (χ0n) is 13.7. The Labute approximate surface area is 138 Å². The number of alkyl halides is 1. The fraction of sp³-hybridized carbons (Fsp3) is 0.467. The lowest BCUT2D eigenvalue weighted by Gasteiger charge is -2.16. The van der Waals surface area contributed by atoms with Crippen LogP contribution in [0.3, 0.4) is 0 Å². The number of nitrogens with one attached hydrogen (secondary N) is 1. The van der Waals surface area contributed by atoms with Crippen molar-refractivity contribution in [2.75, 3.05) is 0 Å². The van der Waals surface area contributed by atoms with Crippen LogP contribution in [0.25, 0.3) is 0 Å². The van der Waals surface area contributed by atoms with Gasteiger partial charge in [-0.25, -0.2) is 9.18 Å². The standard InChI is InChI=1S/C10H11F2NO3.C5H11NO2/c11-9(16-12)8(10(14)15)13-6-7-4-2-1-3-5-7;1-5(2,3)8-4(6)7/h1-5,8-9,13H,6H2,(H,14,15);1-3H3,(H2,6,7)/t8-,9?;/m1./s1. The van der Waals surface area contributed by atoms with E-state index in [4.69, 9.17) is 10.8 Å². The Kier molecular flexibility index (Phi) is 9.51. The van der Waals surface area contributed by atoms with Crippen molar-refractivity contribution in [2.24, 2.45) is 5.73 Å². The molecule has 136 valence electrons. The van der Waals surface area contributed by atoms with E-state index >= 15 is 0 Å². The van der Waals surface area contributed by atoms with E-state index < -0.39 is 30.1 Å². The summed E-state index contributed by atoms with van der Waals surface area (Å²) in [5.41, 5.74) is 5.03. The van der Waals surface area contributed by atoms with Gasteiger partial charge in [-0.3, -0.25) is 10.1 Å². The average molecular weight is 348 g/mol. The molecule has 0 bridgehead atoms. The molecule has 0 aliphatic rings. The SMILES string of the molecule is CC(C)(C)OC(N)=O.O=C(O)[C@H](NCc1ccccc1)C(F)OF. The lowest BCUT2D eigenvalue weighted by molar-refractivity contribution is -0.236. The van der Waals surface area contributed by atoms with Crippen LogP contribution >= 0.6 is 0 Å². The van der Waals surface area contributed by atoms with Gasteiger partial charge in [0, 0.05) is 6.54 Å². The molecule has 1 unspecified atom stereocenters. The van der Waals surface area contributed by atoms with E-state index in [1.807, 2.05) is 0 Å². The second kappa shape index (κ2) is 10.5. The third kappa shape index (κ3) is 10.5. The molecule has 7 nitrogen and oxygen atoms in total. The lowest BCUT2D eigenvalue weighted by Crippen LogP contribution is -2.44. The third-order valence-corrected chi connectivity index (χ3v) is 2.39. The number of primary amides is 1. The number of carbonyl (C=O) groups excluding carboxylic acids is 1. The second-order valence-electron chi connectivity index (χ2n) is 5.66. The smallest absolute Gasteiger partial charge is 0.405 e. The van der Waals surface area contributed by atoms with E-state index in [0.29, 0.717) is 0 Å². The van der Waals surface area contributed by atoms with Gasteiger partial charge in [-0.15, -0.1) is 0 Å². The zero-order valence-corrected chi connectivity index (χ0v) is 13.7. The normalized spacial score (nSPS) is 13.2. The van der Waals surface area contributed by atoms with E-state index in [-0.39, 0.29) is 6.54 Å². The number of ether oxygens (including phenoxy) is 1. The van der Waals surface area contributed by atoms with E-state index in [2.05, 4.69) is 15.0 Å². The molecule has 24 heavy (non-hydrogen) atoms. The van der Waals surface area contributed by atoms with Gasteiger partial charge in [0.2, 0.25) is 0 Å². The lowest BCUT2D eigenvalue weighted by atomic mass is 10.2. The molecule has 0 aromatic heterocycles. The van der Waals surface area contributed by atoms with Gasteiger partial charge in [-0.1, -0.05) is 30.3 Å². The van der Waals surface area contributed by atoms with Crippen LogP contribution in [0.1, 0.15) is 26.3 Å². The number of halogens is 2. The second-order valence-corrected chi connectivity index (χ2v) is 5.66. The van der Waals surface area contributed by atoms with Crippen molar-refractivity contribution in [1.82, 2.24) is 5.32 Å². The first-order chi connectivity index (χ1) is 11.1. The van der Waals surface area contributed by atoms with Crippen molar-refractivity contribution < 1.29 is 33.3 Å². The number of hydrogen-bond acceptors (Lipinski definition) is 5. The first-order valence-corrected chi connectivity index (χ1v) is 6.97. The Morgan fingerprint density at radius 1 is 1.29 bits per heavy atom. The highest BCUT2D eigenvalue weighted by Crippen LogP contribution is 2.05. The molecule has 1 aromatic rings. The molecule has 1 amide bonds. The number of nitrogens with two attached hydrogens (primary N) is 1. The van der Waals surface area contributed by atoms with Crippen LogP contribution in [-0.4, -0.2) is 35.2 Å². The van der Waals surface area contributed by atoms with Gasteiger partial charge in [0.1, 0.15) is 5.60 Å². The molecule has 1 aromatic carbocycles. The fourth-order valence-electron chi connectivity index (χ4n) is 1.47. The van der Waals surface area contributed by atoms with Crippen LogP contribution in [0, 0.1) is 0 Å². The van der Waals surface area contributed by atoms with Gasteiger partial charge in [-0.2, -0.15) is 4.94 Å². The average Bonchev–Trinajstić information content (AvgIpc) is 2.46. The molecule has 0 fully saturated rings. The molecule has 0 saturated carbocycles. The molecule has 4 N–H and O–H groups in total. The third-order valence-electron chi connectivity index (χ3n) is 2.39. The number of carboxylic acids is 1. The maximum atomic E-state index is 12.7. The quantitative estimate of drug-likeness (QED) is 0.727. The highest BCUT2D eigenvalue weighted by molar-refractivity contribution is 5.74. The summed E-state index contributed by atoms with van der Waals surface area (Å²) < 4.78 is 28.8. The molecular weight excluding hydrogens is 326 g/mol. The molecule has 0 radical (unpaired) electrons.